The SMILES string of the molecule is Cc1ccc(-n2[nH]c3c(cnc4ccc(C(=O)Nc5ccc(C)c(F)c5)cc43)c2=O)cc1C. The molecule has 0 unspecified atom stereocenters. The van der Waals surface area contributed by atoms with Crippen molar-refractivity contribution in [1.29, 1.82) is 0 Å². The van der Waals surface area contributed by atoms with Gasteiger partial charge in [0.15, 0.2) is 0 Å². The van der Waals surface area contributed by atoms with Crippen molar-refractivity contribution in [3.8, 4) is 5.69 Å². The average Bonchev–Trinajstić information content (AvgIpc) is 3.14. The van der Waals surface area contributed by atoms with Gasteiger partial charge in [-0.05, 0) is 79.9 Å². The molecule has 0 aliphatic carbocycles. The molecule has 0 aliphatic heterocycles. The molecule has 2 aromatic heterocycles. The Labute approximate surface area is 188 Å². The van der Waals surface area contributed by atoms with Crippen LogP contribution in [0.15, 0.2) is 65.6 Å². The molecule has 5 aromatic rings. The lowest BCUT2D eigenvalue weighted by molar-refractivity contribution is 0.102. The maximum Gasteiger partial charge on any atom is 0.280 e. The minimum absolute atomic E-state index is 0.215. The van der Waals surface area contributed by atoms with Gasteiger partial charge in [-0.1, -0.05) is 12.1 Å². The van der Waals surface area contributed by atoms with Crippen LogP contribution in [0.3, 0.4) is 0 Å². The van der Waals surface area contributed by atoms with Gasteiger partial charge in [0.05, 0.1) is 22.1 Å². The number of hydrogen-bond donors (Lipinski definition) is 2. The first-order valence-corrected chi connectivity index (χ1v) is 10.5. The summed E-state index contributed by atoms with van der Waals surface area (Å²) in [4.78, 5) is 30.3. The molecule has 33 heavy (non-hydrogen) atoms. The summed E-state index contributed by atoms with van der Waals surface area (Å²) >= 11 is 0. The van der Waals surface area contributed by atoms with Gasteiger partial charge in [-0.25, -0.2) is 9.07 Å². The Morgan fingerprint density at radius 3 is 2.48 bits per heavy atom. The van der Waals surface area contributed by atoms with Crippen molar-refractivity contribution in [2.24, 2.45) is 0 Å². The fourth-order valence-corrected chi connectivity index (χ4v) is 3.82. The van der Waals surface area contributed by atoms with Crippen LogP contribution in [-0.4, -0.2) is 20.7 Å². The minimum Gasteiger partial charge on any atom is -0.322 e. The first kappa shape index (κ1) is 20.6. The Hall–Kier alpha value is -4.26. The molecule has 0 bridgehead atoms. The van der Waals surface area contributed by atoms with Crippen LogP contribution >= 0.6 is 0 Å². The van der Waals surface area contributed by atoms with Gasteiger partial charge < -0.3 is 5.32 Å². The van der Waals surface area contributed by atoms with Crippen LogP contribution in [-0.2, 0) is 0 Å². The first-order valence-electron chi connectivity index (χ1n) is 10.5. The molecule has 6 nitrogen and oxygen atoms in total. The predicted molar refractivity (Wildman–Crippen MR) is 128 cm³/mol. The maximum atomic E-state index is 13.8. The number of rotatable bonds is 3. The highest BCUT2D eigenvalue weighted by atomic mass is 19.1. The van der Waals surface area contributed by atoms with Crippen LogP contribution in [0.1, 0.15) is 27.0 Å². The van der Waals surface area contributed by atoms with Crippen LogP contribution in [0.2, 0.25) is 0 Å². The third kappa shape index (κ3) is 3.57. The van der Waals surface area contributed by atoms with Crippen molar-refractivity contribution in [3.05, 3.63) is 99.2 Å². The summed E-state index contributed by atoms with van der Waals surface area (Å²) in [6, 6.07) is 15.4. The van der Waals surface area contributed by atoms with E-state index in [1.807, 2.05) is 32.0 Å². The normalized spacial score (nSPS) is 11.3. The zero-order valence-electron chi connectivity index (χ0n) is 18.4. The van der Waals surface area contributed by atoms with Gasteiger partial charge in [0.1, 0.15) is 5.82 Å². The largest absolute Gasteiger partial charge is 0.322 e. The Bertz CT molecular complexity index is 1630. The summed E-state index contributed by atoms with van der Waals surface area (Å²) < 4.78 is 15.3. The van der Waals surface area contributed by atoms with Gasteiger partial charge >= 0.3 is 0 Å². The standard InChI is InChI=1S/C26H21FN4O2/c1-14-5-8-19(10-16(14)3)31-26(33)21-13-28-23-9-6-17(11-20(23)24(21)30-31)25(32)29-18-7-4-15(2)22(27)12-18/h4-13,30H,1-3H3,(H,29,32). The second kappa shape index (κ2) is 7.70. The summed E-state index contributed by atoms with van der Waals surface area (Å²) in [6.07, 6.45) is 1.54. The molecule has 0 saturated carbocycles. The number of hydrogen-bond acceptors (Lipinski definition) is 3. The Morgan fingerprint density at radius 2 is 1.73 bits per heavy atom. The predicted octanol–water partition coefficient (Wildman–Crippen LogP) is 5.18. The van der Waals surface area contributed by atoms with E-state index in [-0.39, 0.29) is 17.3 Å². The number of nitrogens with zero attached hydrogens (tertiary/aromatic N) is 2. The van der Waals surface area contributed by atoms with Crippen molar-refractivity contribution in [3.63, 3.8) is 0 Å². The third-order valence-electron chi connectivity index (χ3n) is 5.97. The number of H-pyrrole nitrogens is 1. The van der Waals surface area contributed by atoms with Gasteiger partial charge in [0.25, 0.3) is 11.5 Å². The molecule has 0 spiro atoms. The van der Waals surface area contributed by atoms with Gasteiger partial charge in [-0.2, -0.15) is 0 Å². The molecular weight excluding hydrogens is 419 g/mol. The summed E-state index contributed by atoms with van der Waals surface area (Å²) in [5.41, 5.74) is 5.21. The number of aromatic nitrogens is 3. The van der Waals surface area contributed by atoms with Crippen molar-refractivity contribution in [2.75, 3.05) is 5.32 Å². The Balaban J connectivity index is 1.59. The summed E-state index contributed by atoms with van der Waals surface area (Å²) in [5, 5.41) is 6.98. The van der Waals surface area contributed by atoms with Crippen molar-refractivity contribution >= 4 is 33.4 Å². The smallest absolute Gasteiger partial charge is 0.280 e. The Kier molecular flexibility index (Phi) is 4.82. The van der Waals surface area contributed by atoms with Crippen molar-refractivity contribution < 1.29 is 9.18 Å². The molecule has 2 N–H and O–H groups in total. The number of amides is 1. The number of aryl methyl sites for hydroxylation is 3. The number of aromatic amines is 1. The van der Waals surface area contributed by atoms with E-state index in [1.165, 1.54) is 10.7 Å². The number of pyridine rings is 1. The summed E-state index contributed by atoms with van der Waals surface area (Å²) in [6.45, 7) is 5.67. The molecule has 0 fully saturated rings. The second-order valence-corrected chi connectivity index (χ2v) is 8.22. The molecule has 0 atom stereocenters. The molecule has 2 heterocycles. The fraction of sp³-hybridized carbons (Fsp3) is 0.115. The van der Waals surface area contributed by atoms with E-state index in [0.29, 0.717) is 38.6 Å². The molecule has 0 saturated heterocycles. The van der Waals surface area contributed by atoms with E-state index in [1.54, 1.807) is 43.5 Å². The third-order valence-corrected chi connectivity index (χ3v) is 5.97. The lowest BCUT2D eigenvalue weighted by Gasteiger charge is -2.08. The van der Waals surface area contributed by atoms with E-state index in [0.717, 1.165) is 16.8 Å². The van der Waals surface area contributed by atoms with Gasteiger partial charge in [0.2, 0.25) is 0 Å². The van der Waals surface area contributed by atoms with E-state index in [4.69, 9.17) is 0 Å². The molecule has 0 aliphatic rings. The highest BCUT2D eigenvalue weighted by Gasteiger charge is 2.15. The van der Waals surface area contributed by atoms with Gasteiger partial charge in [-0.15, -0.1) is 0 Å². The molecule has 3 aromatic carbocycles. The van der Waals surface area contributed by atoms with E-state index in [9.17, 15) is 14.0 Å². The van der Waals surface area contributed by atoms with E-state index in [2.05, 4.69) is 15.4 Å². The molecule has 7 heteroatoms. The number of carbonyl (C=O) groups excluding carboxylic acids is 1. The van der Waals surface area contributed by atoms with Crippen LogP contribution in [0.25, 0.3) is 27.5 Å². The lowest BCUT2D eigenvalue weighted by Crippen LogP contribution is -2.14. The molecule has 5 rings (SSSR count). The number of halogens is 1. The fourth-order valence-electron chi connectivity index (χ4n) is 3.82. The number of benzene rings is 3. The second-order valence-electron chi connectivity index (χ2n) is 8.22. The molecule has 0 radical (unpaired) electrons. The zero-order valence-corrected chi connectivity index (χ0v) is 18.4. The number of nitrogens with one attached hydrogen (secondary N) is 2. The van der Waals surface area contributed by atoms with E-state index < -0.39 is 0 Å². The van der Waals surface area contributed by atoms with Crippen LogP contribution in [0.4, 0.5) is 10.1 Å². The van der Waals surface area contributed by atoms with E-state index >= 15 is 0 Å². The number of anilines is 1. The first-order chi connectivity index (χ1) is 15.8. The van der Waals surface area contributed by atoms with Crippen LogP contribution in [0.5, 0.6) is 0 Å². The monoisotopic (exact) mass is 440 g/mol. The number of carbonyl (C=O) groups is 1. The molecule has 1 amide bonds. The maximum absolute atomic E-state index is 13.8. The van der Waals surface area contributed by atoms with Gasteiger partial charge in [-0.3, -0.25) is 19.7 Å². The molecular formula is C26H21FN4O2. The molecule has 164 valence electrons. The highest BCUT2D eigenvalue weighted by molar-refractivity contribution is 6.10. The number of fused-ring (bicyclic) bond motifs is 3. The van der Waals surface area contributed by atoms with Gasteiger partial charge in [0, 0.05) is 22.8 Å². The lowest BCUT2D eigenvalue weighted by atomic mass is 10.1. The summed E-state index contributed by atoms with van der Waals surface area (Å²) in [7, 11) is 0. The Morgan fingerprint density at radius 1 is 0.939 bits per heavy atom. The van der Waals surface area contributed by atoms with Crippen LogP contribution in [0, 0.1) is 26.6 Å². The van der Waals surface area contributed by atoms with Crippen LogP contribution < -0.4 is 10.9 Å². The highest BCUT2D eigenvalue weighted by Crippen LogP contribution is 2.24. The quantitative estimate of drug-likeness (QED) is 0.406. The van der Waals surface area contributed by atoms with Crippen molar-refractivity contribution in [2.45, 2.75) is 20.8 Å². The minimum atomic E-state index is -0.387. The summed E-state index contributed by atoms with van der Waals surface area (Å²) in [5.74, 6) is -0.768. The topological polar surface area (TPSA) is 79.8 Å². The zero-order chi connectivity index (χ0) is 23.3. The average molecular weight is 440 g/mol. The van der Waals surface area contributed by atoms with Crippen molar-refractivity contribution in [1.82, 2.24) is 14.8 Å².